The molecule has 4 heteroatoms. The van der Waals surface area contributed by atoms with E-state index in [9.17, 15) is 4.79 Å². The van der Waals surface area contributed by atoms with Gasteiger partial charge in [0.2, 0.25) is 5.91 Å². The van der Waals surface area contributed by atoms with Crippen LogP contribution in [0.15, 0.2) is 0 Å². The minimum atomic E-state index is -0.112. The smallest absolute Gasteiger partial charge is 0.236 e. The van der Waals surface area contributed by atoms with Crippen LogP contribution in [0, 0.1) is 5.92 Å². The average Bonchev–Trinajstić information content (AvgIpc) is 2.34. The molecule has 110 valence electrons. The van der Waals surface area contributed by atoms with Crippen LogP contribution in [0.1, 0.15) is 52.9 Å². The third kappa shape index (κ3) is 3.93. The lowest BCUT2D eigenvalue weighted by Crippen LogP contribution is -2.54. The standard InChI is InChI=1S/C15H28N2O2/c1-11(2)10-16-14(18)12(3)17-13-5-8-19-15(9-13)6-4-7-15/h11-13,17H,4-10H2,1-3H3,(H,16,18). The molecule has 0 aromatic rings. The summed E-state index contributed by atoms with van der Waals surface area (Å²) in [4.78, 5) is 12.0. The van der Waals surface area contributed by atoms with Crippen LogP contribution in [0.3, 0.4) is 0 Å². The molecule has 2 rings (SSSR count). The Morgan fingerprint density at radius 1 is 1.37 bits per heavy atom. The zero-order valence-corrected chi connectivity index (χ0v) is 12.5. The summed E-state index contributed by atoms with van der Waals surface area (Å²) in [6, 6.07) is 0.313. The third-order valence-corrected chi connectivity index (χ3v) is 4.32. The molecule has 2 aliphatic rings. The zero-order chi connectivity index (χ0) is 13.9. The Bertz CT molecular complexity index is 313. The van der Waals surface area contributed by atoms with E-state index in [0.29, 0.717) is 12.0 Å². The Balaban J connectivity index is 1.75. The highest BCUT2D eigenvalue weighted by Crippen LogP contribution is 2.42. The zero-order valence-electron chi connectivity index (χ0n) is 12.5. The fraction of sp³-hybridized carbons (Fsp3) is 0.933. The molecule has 1 saturated carbocycles. The van der Waals surface area contributed by atoms with Gasteiger partial charge in [-0.15, -0.1) is 0 Å². The van der Waals surface area contributed by atoms with Gasteiger partial charge in [0.15, 0.2) is 0 Å². The van der Waals surface area contributed by atoms with Crippen molar-refractivity contribution in [3.63, 3.8) is 0 Å². The van der Waals surface area contributed by atoms with Crippen molar-refractivity contribution in [3.05, 3.63) is 0 Å². The van der Waals surface area contributed by atoms with E-state index in [1.807, 2.05) is 6.92 Å². The molecule has 0 aromatic heterocycles. The van der Waals surface area contributed by atoms with E-state index >= 15 is 0 Å². The molecule has 2 atom stereocenters. The van der Waals surface area contributed by atoms with Crippen molar-refractivity contribution >= 4 is 5.91 Å². The number of amides is 1. The monoisotopic (exact) mass is 268 g/mol. The van der Waals surface area contributed by atoms with Gasteiger partial charge in [0.25, 0.3) is 0 Å². The van der Waals surface area contributed by atoms with Gasteiger partial charge in [-0.25, -0.2) is 0 Å². The molecule has 4 nitrogen and oxygen atoms in total. The fourth-order valence-corrected chi connectivity index (χ4v) is 2.98. The van der Waals surface area contributed by atoms with E-state index in [4.69, 9.17) is 4.74 Å². The fourth-order valence-electron chi connectivity index (χ4n) is 2.98. The van der Waals surface area contributed by atoms with E-state index in [0.717, 1.165) is 26.0 Å². The number of nitrogens with one attached hydrogen (secondary N) is 2. The lowest BCUT2D eigenvalue weighted by Gasteiger charge is -2.47. The number of hydrogen-bond acceptors (Lipinski definition) is 3. The van der Waals surface area contributed by atoms with Gasteiger partial charge in [-0.1, -0.05) is 13.8 Å². The van der Waals surface area contributed by atoms with Crippen molar-refractivity contribution in [2.75, 3.05) is 13.2 Å². The van der Waals surface area contributed by atoms with Gasteiger partial charge in [-0.05, 0) is 44.9 Å². The second-order valence-electron chi connectivity index (χ2n) is 6.60. The van der Waals surface area contributed by atoms with Crippen LogP contribution >= 0.6 is 0 Å². The van der Waals surface area contributed by atoms with Crippen molar-refractivity contribution in [2.45, 2.75) is 70.6 Å². The maximum absolute atomic E-state index is 12.0. The van der Waals surface area contributed by atoms with E-state index in [2.05, 4.69) is 24.5 Å². The quantitative estimate of drug-likeness (QED) is 0.800. The largest absolute Gasteiger partial charge is 0.375 e. The molecular formula is C15H28N2O2. The van der Waals surface area contributed by atoms with Gasteiger partial charge in [0, 0.05) is 19.2 Å². The molecule has 2 fully saturated rings. The van der Waals surface area contributed by atoms with Crippen LogP contribution in [0.25, 0.3) is 0 Å². The maximum atomic E-state index is 12.0. The van der Waals surface area contributed by atoms with Gasteiger partial charge in [0.05, 0.1) is 11.6 Å². The van der Waals surface area contributed by atoms with E-state index in [-0.39, 0.29) is 17.6 Å². The molecule has 0 bridgehead atoms. The van der Waals surface area contributed by atoms with E-state index < -0.39 is 0 Å². The van der Waals surface area contributed by atoms with Crippen molar-refractivity contribution in [3.8, 4) is 0 Å². The van der Waals surface area contributed by atoms with Crippen LogP contribution < -0.4 is 10.6 Å². The van der Waals surface area contributed by atoms with Crippen molar-refractivity contribution in [2.24, 2.45) is 5.92 Å². The van der Waals surface area contributed by atoms with Crippen LogP contribution in [0.4, 0.5) is 0 Å². The highest BCUT2D eigenvalue weighted by molar-refractivity contribution is 5.81. The first-order valence-electron chi connectivity index (χ1n) is 7.68. The Labute approximate surface area is 116 Å². The number of hydrogen-bond donors (Lipinski definition) is 2. The summed E-state index contributed by atoms with van der Waals surface area (Å²) in [6.07, 6.45) is 5.76. The SMILES string of the molecule is CC(C)CNC(=O)C(C)NC1CCOC2(CCC2)C1. The highest BCUT2D eigenvalue weighted by Gasteiger charge is 2.42. The first-order valence-corrected chi connectivity index (χ1v) is 7.68. The summed E-state index contributed by atoms with van der Waals surface area (Å²) in [5, 5.41) is 6.46. The Hall–Kier alpha value is -0.610. The lowest BCUT2D eigenvalue weighted by molar-refractivity contribution is -0.138. The molecule has 19 heavy (non-hydrogen) atoms. The molecule has 0 aromatic carbocycles. The average molecular weight is 268 g/mol. The maximum Gasteiger partial charge on any atom is 0.236 e. The first kappa shape index (κ1) is 14.8. The number of ether oxygens (including phenoxy) is 1. The Kier molecular flexibility index (Phi) is 4.85. The molecule has 2 N–H and O–H groups in total. The predicted molar refractivity (Wildman–Crippen MR) is 76.0 cm³/mol. The lowest BCUT2D eigenvalue weighted by atomic mass is 9.74. The van der Waals surface area contributed by atoms with Gasteiger partial charge in [-0.3, -0.25) is 4.79 Å². The first-order chi connectivity index (χ1) is 9.01. The predicted octanol–water partition coefficient (Wildman–Crippen LogP) is 1.84. The molecule has 1 saturated heterocycles. The van der Waals surface area contributed by atoms with Gasteiger partial charge in [-0.2, -0.15) is 0 Å². The molecule has 2 unspecified atom stereocenters. The third-order valence-electron chi connectivity index (χ3n) is 4.32. The summed E-state index contributed by atoms with van der Waals surface area (Å²) < 4.78 is 5.91. The van der Waals surface area contributed by atoms with Crippen LogP contribution in [-0.2, 0) is 9.53 Å². The summed E-state index contributed by atoms with van der Waals surface area (Å²) >= 11 is 0. The second kappa shape index (κ2) is 6.23. The summed E-state index contributed by atoms with van der Waals surface area (Å²) in [5.74, 6) is 0.611. The summed E-state index contributed by atoms with van der Waals surface area (Å²) in [6.45, 7) is 7.76. The van der Waals surface area contributed by atoms with Crippen LogP contribution in [0.2, 0.25) is 0 Å². The summed E-state index contributed by atoms with van der Waals surface area (Å²) in [7, 11) is 0. The molecule has 0 radical (unpaired) electrons. The highest BCUT2D eigenvalue weighted by atomic mass is 16.5. The molecule has 1 heterocycles. The molecule has 1 spiro atoms. The number of carbonyl (C=O) groups is 1. The Morgan fingerprint density at radius 3 is 2.68 bits per heavy atom. The second-order valence-corrected chi connectivity index (χ2v) is 6.60. The van der Waals surface area contributed by atoms with Gasteiger partial charge < -0.3 is 15.4 Å². The number of rotatable bonds is 5. The van der Waals surface area contributed by atoms with E-state index in [1.165, 1.54) is 19.3 Å². The minimum Gasteiger partial charge on any atom is -0.375 e. The van der Waals surface area contributed by atoms with Gasteiger partial charge >= 0.3 is 0 Å². The topological polar surface area (TPSA) is 50.4 Å². The van der Waals surface area contributed by atoms with Gasteiger partial charge in [0.1, 0.15) is 0 Å². The number of carbonyl (C=O) groups excluding carboxylic acids is 1. The van der Waals surface area contributed by atoms with Crippen molar-refractivity contribution in [1.82, 2.24) is 10.6 Å². The van der Waals surface area contributed by atoms with Crippen molar-refractivity contribution in [1.29, 1.82) is 0 Å². The van der Waals surface area contributed by atoms with Crippen LogP contribution in [-0.4, -0.2) is 36.7 Å². The molecule has 1 aliphatic carbocycles. The van der Waals surface area contributed by atoms with Crippen molar-refractivity contribution < 1.29 is 9.53 Å². The van der Waals surface area contributed by atoms with Crippen LogP contribution in [0.5, 0.6) is 0 Å². The molecular weight excluding hydrogens is 240 g/mol. The Morgan fingerprint density at radius 2 is 2.11 bits per heavy atom. The normalized spacial score (nSPS) is 27.1. The summed E-state index contributed by atoms with van der Waals surface area (Å²) in [5.41, 5.74) is 0.143. The molecule has 1 aliphatic heterocycles. The minimum absolute atomic E-state index is 0.112. The van der Waals surface area contributed by atoms with E-state index in [1.54, 1.807) is 0 Å². The molecule has 1 amide bonds.